The van der Waals surface area contributed by atoms with Crippen LogP contribution in [0.4, 0.5) is 8.78 Å². The van der Waals surface area contributed by atoms with E-state index in [1.54, 1.807) is 6.92 Å². The van der Waals surface area contributed by atoms with Crippen molar-refractivity contribution in [3.8, 4) is 0 Å². The molecule has 5 nitrogen and oxygen atoms in total. The van der Waals surface area contributed by atoms with Crippen LogP contribution in [-0.2, 0) is 15.9 Å². The van der Waals surface area contributed by atoms with Crippen molar-refractivity contribution in [1.29, 1.82) is 0 Å². The van der Waals surface area contributed by atoms with E-state index in [1.165, 1.54) is 0 Å². The first-order chi connectivity index (χ1) is 9.61. The van der Waals surface area contributed by atoms with Crippen LogP contribution in [-0.4, -0.2) is 37.2 Å². The fourth-order valence-electron chi connectivity index (χ4n) is 1.79. The summed E-state index contributed by atoms with van der Waals surface area (Å²) in [4.78, 5) is 16.0. The summed E-state index contributed by atoms with van der Waals surface area (Å²) >= 11 is 0. The van der Waals surface area contributed by atoms with Crippen molar-refractivity contribution in [2.45, 2.75) is 38.5 Å². The molecule has 1 heterocycles. The van der Waals surface area contributed by atoms with Gasteiger partial charge in [0.1, 0.15) is 6.61 Å². The zero-order chi connectivity index (χ0) is 14.5. The zero-order valence-electron chi connectivity index (χ0n) is 11.2. The van der Waals surface area contributed by atoms with Crippen LogP contribution < -0.4 is 0 Å². The molecule has 0 atom stereocenters. The molecular weight excluding hydrogens is 272 g/mol. The largest absolute Gasteiger partial charge is 0.460 e. The molecule has 0 bridgehead atoms. The van der Waals surface area contributed by atoms with E-state index in [0.29, 0.717) is 11.6 Å². The van der Waals surface area contributed by atoms with Crippen LogP contribution in [0.25, 0.3) is 0 Å². The third-order valence-corrected chi connectivity index (χ3v) is 2.83. The molecule has 0 spiro atoms. The number of aromatic nitrogens is 1. The average molecular weight is 289 g/mol. The van der Waals surface area contributed by atoms with Gasteiger partial charge in [0.25, 0.3) is 6.43 Å². The molecule has 1 aliphatic rings. The summed E-state index contributed by atoms with van der Waals surface area (Å²) in [5.41, 5.74) is 0.618. The molecule has 0 radical (unpaired) electrons. The molecule has 0 saturated heterocycles. The Morgan fingerprint density at radius 3 is 2.85 bits per heavy atom. The van der Waals surface area contributed by atoms with E-state index >= 15 is 0 Å². The lowest BCUT2D eigenvalue weighted by molar-refractivity contribution is 0.0172. The zero-order valence-corrected chi connectivity index (χ0v) is 11.2. The Bertz CT molecular complexity index is 457. The van der Waals surface area contributed by atoms with E-state index in [4.69, 9.17) is 13.9 Å². The van der Waals surface area contributed by atoms with Gasteiger partial charge in [-0.05, 0) is 19.8 Å². The minimum atomic E-state index is -2.49. The van der Waals surface area contributed by atoms with E-state index in [1.807, 2.05) is 0 Å². The topological polar surface area (TPSA) is 61.6 Å². The van der Waals surface area contributed by atoms with Crippen molar-refractivity contribution in [3.05, 3.63) is 17.3 Å². The number of nitrogens with zero attached hydrogens (tertiary/aromatic N) is 1. The molecule has 1 aromatic heterocycles. The monoisotopic (exact) mass is 289 g/mol. The maximum absolute atomic E-state index is 11.9. The third kappa shape index (κ3) is 4.00. The van der Waals surface area contributed by atoms with Crippen LogP contribution in [0.5, 0.6) is 0 Å². The number of halogens is 2. The Morgan fingerprint density at radius 1 is 1.50 bits per heavy atom. The number of oxazole rings is 1. The number of hydrogen-bond donors (Lipinski definition) is 0. The highest BCUT2D eigenvalue weighted by molar-refractivity contribution is 5.87. The summed E-state index contributed by atoms with van der Waals surface area (Å²) in [6, 6.07) is 0. The molecule has 0 aromatic carbocycles. The van der Waals surface area contributed by atoms with Crippen molar-refractivity contribution in [3.63, 3.8) is 0 Å². The lowest BCUT2D eigenvalue weighted by Gasteiger charge is -2.00. The van der Waals surface area contributed by atoms with Crippen LogP contribution in [0.3, 0.4) is 0 Å². The minimum Gasteiger partial charge on any atom is -0.460 e. The third-order valence-electron chi connectivity index (χ3n) is 2.83. The number of ether oxygens (including phenoxy) is 2. The van der Waals surface area contributed by atoms with E-state index in [2.05, 4.69) is 4.98 Å². The Morgan fingerprint density at radius 2 is 2.25 bits per heavy atom. The van der Waals surface area contributed by atoms with Gasteiger partial charge in [-0.3, -0.25) is 0 Å². The second-order valence-corrected chi connectivity index (χ2v) is 4.53. The van der Waals surface area contributed by atoms with Gasteiger partial charge in [0.15, 0.2) is 5.89 Å². The second-order valence-electron chi connectivity index (χ2n) is 4.53. The second kappa shape index (κ2) is 6.78. The molecule has 1 fully saturated rings. The Balaban J connectivity index is 1.96. The fraction of sp³-hybridized carbons (Fsp3) is 0.692. The summed E-state index contributed by atoms with van der Waals surface area (Å²) in [5.74, 6) is 0.179. The van der Waals surface area contributed by atoms with Gasteiger partial charge in [-0.1, -0.05) is 0 Å². The summed E-state index contributed by atoms with van der Waals surface area (Å²) in [7, 11) is 0. The quantitative estimate of drug-likeness (QED) is 0.543. The van der Waals surface area contributed by atoms with Crippen molar-refractivity contribution in [2.75, 3.05) is 19.8 Å². The van der Waals surface area contributed by atoms with Crippen molar-refractivity contribution in [1.82, 2.24) is 4.98 Å². The van der Waals surface area contributed by atoms with Crippen LogP contribution in [0.2, 0.25) is 0 Å². The van der Waals surface area contributed by atoms with Gasteiger partial charge in [0.05, 0.1) is 18.9 Å². The molecule has 0 N–H and O–H groups in total. The number of alkyl halides is 2. The normalized spacial score (nSPS) is 14.8. The molecule has 1 saturated carbocycles. The molecule has 112 valence electrons. The molecule has 1 aromatic rings. The molecule has 1 aliphatic carbocycles. The van der Waals surface area contributed by atoms with E-state index in [0.717, 1.165) is 12.8 Å². The number of rotatable bonds is 8. The van der Waals surface area contributed by atoms with Crippen LogP contribution >= 0.6 is 0 Å². The first-order valence-electron chi connectivity index (χ1n) is 6.64. The molecular formula is C13H17F2NO4. The smallest absolute Gasteiger partial charge is 0.376 e. The van der Waals surface area contributed by atoms with E-state index < -0.39 is 19.0 Å². The number of hydrogen-bond acceptors (Lipinski definition) is 5. The standard InChI is InChI=1S/C13H17F2NO4/c1-2-19-13(17)12-11(8-3-4-8)16-10(20-12)5-6-18-7-9(14)15/h8-9H,2-7H2,1H3. The summed E-state index contributed by atoms with van der Waals surface area (Å²) in [6.07, 6.45) is -0.288. The van der Waals surface area contributed by atoms with Gasteiger partial charge >= 0.3 is 5.97 Å². The van der Waals surface area contributed by atoms with E-state index in [-0.39, 0.29) is 31.3 Å². The molecule has 20 heavy (non-hydrogen) atoms. The molecule has 0 aliphatic heterocycles. The average Bonchev–Trinajstić information content (AvgIpc) is 3.15. The highest BCUT2D eigenvalue weighted by Gasteiger charge is 2.34. The predicted molar refractivity (Wildman–Crippen MR) is 65.0 cm³/mol. The highest BCUT2D eigenvalue weighted by atomic mass is 19.3. The van der Waals surface area contributed by atoms with Gasteiger partial charge in [0.2, 0.25) is 5.76 Å². The summed E-state index contributed by atoms with van der Waals surface area (Å²) in [6.45, 7) is 1.44. The molecule has 0 amide bonds. The first kappa shape index (κ1) is 14.9. The first-order valence-corrected chi connectivity index (χ1v) is 6.64. The maximum atomic E-state index is 11.9. The highest BCUT2D eigenvalue weighted by Crippen LogP contribution is 2.41. The fourth-order valence-corrected chi connectivity index (χ4v) is 1.79. The van der Waals surface area contributed by atoms with Crippen LogP contribution in [0, 0.1) is 0 Å². The van der Waals surface area contributed by atoms with Gasteiger partial charge < -0.3 is 13.9 Å². The number of esters is 1. The number of carbonyl (C=O) groups excluding carboxylic acids is 1. The SMILES string of the molecule is CCOC(=O)c1oc(CCOCC(F)F)nc1C1CC1. The Labute approximate surface area is 115 Å². The van der Waals surface area contributed by atoms with Gasteiger partial charge in [-0.25, -0.2) is 18.6 Å². The van der Waals surface area contributed by atoms with Gasteiger partial charge in [0, 0.05) is 12.3 Å². The van der Waals surface area contributed by atoms with Crippen LogP contribution in [0.15, 0.2) is 4.42 Å². The van der Waals surface area contributed by atoms with E-state index in [9.17, 15) is 13.6 Å². The molecule has 7 heteroatoms. The number of carbonyl (C=O) groups is 1. The molecule has 2 rings (SSSR count). The minimum absolute atomic E-state index is 0.0806. The van der Waals surface area contributed by atoms with Crippen LogP contribution in [0.1, 0.15) is 47.8 Å². The maximum Gasteiger partial charge on any atom is 0.376 e. The predicted octanol–water partition coefficient (Wildman–Crippen LogP) is 2.55. The Hall–Kier alpha value is -1.50. The van der Waals surface area contributed by atoms with Crippen molar-refractivity contribution < 1.29 is 27.5 Å². The molecule has 0 unspecified atom stereocenters. The lowest BCUT2D eigenvalue weighted by atomic mass is 10.2. The van der Waals surface area contributed by atoms with Gasteiger partial charge in [-0.15, -0.1) is 0 Å². The summed E-state index contributed by atoms with van der Waals surface area (Å²) < 4.78 is 38.9. The lowest BCUT2D eigenvalue weighted by Crippen LogP contribution is -2.07. The van der Waals surface area contributed by atoms with Crippen molar-refractivity contribution >= 4 is 5.97 Å². The summed E-state index contributed by atoms with van der Waals surface area (Å²) in [5, 5.41) is 0. The van der Waals surface area contributed by atoms with Crippen molar-refractivity contribution in [2.24, 2.45) is 0 Å². The Kier molecular flexibility index (Phi) is 5.05. The van der Waals surface area contributed by atoms with Gasteiger partial charge in [-0.2, -0.15) is 0 Å².